The zero-order chi connectivity index (χ0) is 26.3. The molecule has 0 bridgehead atoms. The molecule has 2 N–H and O–H groups in total. The summed E-state index contributed by atoms with van der Waals surface area (Å²) in [5.74, 6) is 0.491. The molecule has 0 aliphatic heterocycles. The minimum absolute atomic E-state index is 0.233. The molecule has 0 amide bonds. The molecule has 0 aliphatic carbocycles. The average Bonchev–Trinajstić information content (AvgIpc) is 2.72. The van der Waals surface area contributed by atoms with E-state index in [0.717, 1.165) is 42.8 Å². The van der Waals surface area contributed by atoms with Gasteiger partial charge in [-0.2, -0.15) is 0 Å². The standard InChI is InChI=1S/C31H38O2.O.W/c1-29(2,3)19-24-20(22-15-11-17-25(27(22)32)30(4,5)6)13-10-14-21(24)23-16-12-18-26(28(23)33)31(7,8)9;;/h10-18,32-33H,1-9H3;;/q;+1;. The van der Waals surface area contributed by atoms with Crippen LogP contribution in [0, 0.1) is 5.41 Å². The summed E-state index contributed by atoms with van der Waals surface area (Å²) >= 11 is -2.11. The van der Waals surface area contributed by atoms with Crippen LogP contribution in [0.5, 0.6) is 11.5 Å². The van der Waals surface area contributed by atoms with Crippen LogP contribution in [-0.2, 0) is 31.9 Å². The Kier molecular flexibility index (Phi) is 7.57. The molecule has 0 unspecified atom stereocenters. The second kappa shape index (κ2) is 9.68. The molecular formula is C31H38O3W+. The number of rotatable bonds is 3. The molecule has 3 nitrogen and oxygen atoms in total. The monoisotopic (exact) mass is 642 g/mol. The quantitative estimate of drug-likeness (QED) is 0.285. The molecular weight excluding hydrogens is 604 g/mol. The van der Waals surface area contributed by atoms with Crippen LogP contribution in [-0.4, -0.2) is 14.1 Å². The van der Waals surface area contributed by atoms with E-state index in [9.17, 15) is 13.4 Å². The molecule has 4 heteroatoms. The third-order valence-corrected chi connectivity index (χ3v) is 9.86. The summed E-state index contributed by atoms with van der Waals surface area (Å²) in [5, 5.41) is 22.8. The Hall–Kier alpha value is -2.22. The Bertz CT molecular complexity index is 1280. The van der Waals surface area contributed by atoms with Crippen molar-refractivity contribution in [2.24, 2.45) is 5.41 Å². The Morgan fingerprint density at radius 3 is 1.26 bits per heavy atom. The van der Waals surface area contributed by atoms with Crippen molar-refractivity contribution in [1.82, 2.24) is 0 Å². The second-order valence-corrected chi connectivity index (χ2v) is 14.4. The maximum absolute atomic E-state index is 12.9. The molecule has 3 rings (SSSR count). The van der Waals surface area contributed by atoms with Crippen LogP contribution in [0.25, 0.3) is 22.3 Å². The average molecular weight is 642 g/mol. The molecule has 0 atom stereocenters. The molecule has 0 radical (unpaired) electrons. The summed E-state index contributed by atoms with van der Waals surface area (Å²) in [7, 11) is 0. The third kappa shape index (κ3) is 5.47. The SMILES string of the molecule is CC(C)(C)[C](=[W]#[O+])c1c(-c2cccc(C(C)(C)C)c2O)cccc1-c1cccc(C(C)(C)C)c1O. The van der Waals surface area contributed by atoms with E-state index in [2.05, 4.69) is 62.3 Å². The number of para-hydroxylation sites is 2. The zero-order valence-corrected chi connectivity index (χ0v) is 25.3. The molecule has 3 aromatic carbocycles. The van der Waals surface area contributed by atoms with Gasteiger partial charge in [-0.25, -0.2) is 0 Å². The van der Waals surface area contributed by atoms with Crippen LogP contribution in [0.15, 0.2) is 54.6 Å². The van der Waals surface area contributed by atoms with Crippen molar-refractivity contribution >= 4 is 3.90 Å². The van der Waals surface area contributed by atoms with E-state index in [1.54, 1.807) is 0 Å². The van der Waals surface area contributed by atoms with Gasteiger partial charge in [0.15, 0.2) is 0 Å². The molecule has 0 heterocycles. The molecule has 0 spiro atoms. The first-order valence-electron chi connectivity index (χ1n) is 12.1. The van der Waals surface area contributed by atoms with E-state index >= 15 is 0 Å². The van der Waals surface area contributed by atoms with Gasteiger partial charge in [0.1, 0.15) is 0 Å². The first-order valence-corrected chi connectivity index (χ1v) is 14.7. The minimum atomic E-state index is -2.11. The van der Waals surface area contributed by atoms with Gasteiger partial charge in [0.2, 0.25) is 0 Å². The number of benzene rings is 3. The van der Waals surface area contributed by atoms with Crippen molar-refractivity contribution in [1.29, 1.82) is 0 Å². The molecule has 0 aromatic heterocycles. The van der Waals surface area contributed by atoms with Gasteiger partial charge in [0, 0.05) is 0 Å². The van der Waals surface area contributed by atoms with E-state index in [4.69, 9.17) is 0 Å². The van der Waals surface area contributed by atoms with E-state index in [-0.39, 0.29) is 27.7 Å². The predicted molar refractivity (Wildman–Crippen MR) is 142 cm³/mol. The Morgan fingerprint density at radius 1 is 0.600 bits per heavy atom. The first-order chi connectivity index (χ1) is 16.1. The van der Waals surface area contributed by atoms with E-state index in [1.165, 1.54) is 0 Å². The van der Waals surface area contributed by atoms with Gasteiger partial charge in [-0.3, -0.25) is 0 Å². The summed E-state index contributed by atoms with van der Waals surface area (Å²) < 4.78 is 13.8. The second-order valence-electron chi connectivity index (χ2n) is 12.3. The van der Waals surface area contributed by atoms with E-state index in [0.29, 0.717) is 0 Å². The van der Waals surface area contributed by atoms with Crippen LogP contribution in [0.3, 0.4) is 0 Å². The van der Waals surface area contributed by atoms with Crippen LogP contribution < -0.4 is 0 Å². The molecule has 0 saturated heterocycles. The van der Waals surface area contributed by atoms with Gasteiger partial charge >= 0.3 is 219 Å². The van der Waals surface area contributed by atoms with E-state index in [1.807, 2.05) is 54.6 Å². The first kappa shape index (κ1) is 27.4. The van der Waals surface area contributed by atoms with Gasteiger partial charge in [-0.1, -0.05) is 0 Å². The molecule has 0 saturated carbocycles. The third-order valence-electron chi connectivity index (χ3n) is 6.32. The van der Waals surface area contributed by atoms with Crippen molar-refractivity contribution in [2.45, 2.75) is 73.1 Å². The van der Waals surface area contributed by atoms with E-state index < -0.39 is 17.9 Å². The Morgan fingerprint density at radius 2 is 0.943 bits per heavy atom. The van der Waals surface area contributed by atoms with Crippen molar-refractivity contribution in [2.75, 3.05) is 0 Å². The fourth-order valence-corrected chi connectivity index (χ4v) is 6.51. The number of aromatic hydroxyl groups is 2. The van der Waals surface area contributed by atoms with Gasteiger partial charge < -0.3 is 0 Å². The summed E-state index contributed by atoms with van der Waals surface area (Å²) in [4.78, 5) is 0. The van der Waals surface area contributed by atoms with Crippen molar-refractivity contribution in [3.8, 4) is 33.8 Å². The summed E-state index contributed by atoms with van der Waals surface area (Å²) in [5.41, 5.74) is 4.91. The maximum atomic E-state index is 12.9. The normalized spacial score (nSPS) is 12.3. The molecule has 3 aromatic rings. The number of hydrogen-bond acceptors (Lipinski definition) is 2. The summed E-state index contributed by atoms with van der Waals surface area (Å²) in [6, 6.07) is 17.6. The summed E-state index contributed by atoms with van der Waals surface area (Å²) in [6.45, 7) is 18.7. The number of phenolic OH excluding ortho intramolecular Hbond substituents is 2. The topological polar surface area (TPSA) is 60.4 Å². The van der Waals surface area contributed by atoms with Crippen LogP contribution >= 0.6 is 0 Å². The van der Waals surface area contributed by atoms with Gasteiger partial charge in [0.05, 0.1) is 0 Å². The Balaban J connectivity index is 2.49. The van der Waals surface area contributed by atoms with Crippen LogP contribution in [0.1, 0.15) is 79.0 Å². The predicted octanol–water partition coefficient (Wildman–Crippen LogP) is 8.02. The molecule has 185 valence electrons. The van der Waals surface area contributed by atoms with Crippen molar-refractivity contribution in [3.63, 3.8) is 0 Å². The van der Waals surface area contributed by atoms with Gasteiger partial charge in [0.25, 0.3) is 0 Å². The van der Waals surface area contributed by atoms with Crippen molar-refractivity contribution in [3.05, 3.63) is 71.3 Å². The summed E-state index contributed by atoms with van der Waals surface area (Å²) in [6.07, 6.45) is 0. The fraction of sp³-hybridized carbons (Fsp3) is 0.387. The molecule has 0 fully saturated rings. The number of phenols is 2. The Labute approximate surface area is 218 Å². The molecule has 35 heavy (non-hydrogen) atoms. The fourth-order valence-electron chi connectivity index (χ4n) is 4.52. The van der Waals surface area contributed by atoms with Gasteiger partial charge in [-0.05, 0) is 0 Å². The van der Waals surface area contributed by atoms with Gasteiger partial charge in [-0.15, -0.1) is 0 Å². The van der Waals surface area contributed by atoms with Crippen LogP contribution in [0.4, 0.5) is 0 Å². The molecule has 0 aliphatic rings. The zero-order valence-electron chi connectivity index (χ0n) is 22.4. The van der Waals surface area contributed by atoms with Crippen molar-refractivity contribution < 1.29 is 31.3 Å². The van der Waals surface area contributed by atoms with Crippen LogP contribution in [0.2, 0.25) is 0 Å². The number of hydrogen-bond donors (Lipinski definition) is 2.